The number of aldehydes is 1. The summed E-state index contributed by atoms with van der Waals surface area (Å²) >= 11 is 0. The van der Waals surface area contributed by atoms with Gasteiger partial charge in [0.25, 0.3) is 0 Å². The number of fused-ring (bicyclic) bond motifs is 2. The largest absolute Gasteiger partial charge is 0.507 e. The number of hydrogen-bond donors (Lipinski definition) is 3. The maximum absolute atomic E-state index is 11.8. The minimum Gasteiger partial charge on any atom is -0.507 e. The van der Waals surface area contributed by atoms with Crippen molar-refractivity contribution >= 4 is 39.5 Å². The van der Waals surface area contributed by atoms with E-state index in [2.05, 4.69) is 4.99 Å². The third-order valence-electron chi connectivity index (χ3n) is 5.88. The van der Waals surface area contributed by atoms with Gasteiger partial charge in [0, 0.05) is 11.1 Å². The van der Waals surface area contributed by atoms with Crippen LogP contribution in [0, 0.1) is 0 Å². The zero-order chi connectivity index (χ0) is 24.4. The van der Waals surface area contributed by atoms with Gasteiger partial charge in [0.2, 0.25) is 0 Å². The summed E-state index contributed by atoms with van der Waals surface area (Å²) in [6, 6.07) is 28.6. The van der Waals surface area contributed by atoms with E-state index in [0.29, 0.717) is 23.3 Å². The molecule has 5 N–H and O–H groups in total. The Morgan fingerprint density at radius 2 is 1.54 bits per heavy atom. The molecule has 172 valence electrons. The quantitative estimate of drug-likeness (QED) is 0.172. The number of carbonyl (C=O) groups excluding carboxylic acids is 1. The molecule has 0 aromatic heterocycles. The van der Waals surface area contributed by atoms with Gasteiger partial charge < -0.3 is 21.3 Å². The van der Waals surface area contributed by atoms with E-state index in [1.807, 2.05) is 78.9 Å². The Kier molecular flexibility index (Phi) is 5.77. The van der Waals surface area contributed by atoms with E-state index in [1.54, 1.807) is 12.1 Å². The second-order valence-corrected chi connectivity index (χ2v) is 8.18. The van der Waals surface area contributed by atoms with Crippen molar-refractivity contribution < 1.29 is 14.6 Å². The molecule has 35 heavy (non-hydrogen) atoms. The maximum atomic E-state index is 11.8. The summed E-state index contributed by atoms with van der Waals surface area (Å²) in [7, 11) is 0. The SMILES string of the molecule is NC(N)=Nc1cccc(COc2ccc3ccccc3c2-c2c(O)c(C=O)cc3ccccc23)c1. The first-order valence-corrected chi connectivity index (χ1v) is 11.1. The minimum atomic E-state index is -0.0744. The van der Waals surface area contributed by atoms with Crippen LogP contribution in [0.5, 0.6) is 11.5 Å². The van der Waals surface area contributed by atoms with Gasteiger partial charge >= 0.3 is 0 Å². The molecule has 0 aliphatic rings. The monoisotopic (exact) mass is 461 g/mol. The Hall–Kier alpha value is -4.84. The van der Waals surface area contributed by atoms with E-state index < -0.39 is 0 Å². The van der Waals surface area contributed by atoms with Gasteiger partial charge in [0.15, 0.2) is 12.2 Å². The second-order valence-electron chi connectivity index (χ2n) is 8.18. The highest BCUT2D eigenvalue weighted by Gasteiger charge is 2.20. The van der Waals surface area contributed by atoms with E-state index in [0.717, 1.165) is 32.7 Å². The molecule has 0 saturated carbocycles. The summed E-state index contributed by atoms with van der Waals surface area (Å²) < 4.78 is 6.31. The number of hydrogen-bond acceptors (Lipinski definition) is 4. The van der Waals surface area contributed by atoms with Crippen LogP contribution in [0.4, 0.5) is 5.69 Å². The van der Waals surface area contributed by atoms with Crippen molar-refractivity contribution in [1.82, 2.24) is 0 Å². The van der Waals surface area contributed by atoms with Crippen LogP contribution in [0.1, 0.15) is 15.9 Å². The molecule has 0 bridgehead atoms. The van der Waals surface area contributed by atoms with Gasteiger partial charge in [0.1, 0.15) is 18.1 Å². The van der Waals surface area contributed by atoms with Crippen LogP contribution in [-0.2, 0) is 6.61 Å². The van der Waals surface area contributed by atoms with Gasteiger partial charge in [-0.05, 0) is 51.4 Å². The molecule has 6 heteroatoms. The highest BCUT2D eigenvalue weighted by molar-refractivity contribution is 6.12. The zero-order valence-electron chi connectivity index (χ0n) is 18.8. The van der Waals surface area contributed by atoms with Gasteiger partial charge in [-0.15, -0.1) is 0 Å². The fourth-order valence-corrected chi connectivity index (χ4v) is 4.36. The first-order valence-electron chi connectivity index (χ1n) is 11.1. The average Bonchev–Trinajstić information content (AvgIpc) is 2.87. The van der Waals surface area contributed by atoms with Crippen LogP contribution >= 0.6 is 0 Å². The Labute approximate surface area is 202 Å². The van der Waals surface area contributed by atoms with E-state index >= 15 is 0 Å². The Bertz CT molecular complexity index is 1600. The van der Waals surface area contributed by atoms with E-state index in [9.17, 15) is 9.90 Å². The molecular formula is C29H23N3O3. The molecule has 0 saturated heterocycles. The molecule has 0 unspecified atom stereocenters. The molecule has 0 amide bonds. The molecule has 5 aromatic rings. The predicted octanol–water partition coefficient (Wildman–Crippen LogP) is 5.66. The van der Waals surface area contributed by atoms with Crippen LogP contribution in [0.25, 0.3) is 32.7 Å². The molecule has 6 nitrogen and oxygen atoms in total. The molecule has 0 aliphatic carbocycles. The van der Waals surface area contributed by atoms with Crippen molar-refractivity contribution in [3.8, 4) is 22.6 Å². The third kappa shape index (κ3) is 4.25. The lowest BCUT2D eigenvalue weighted by atomic mass is 9.90. The molecule has 0 atom stereocenters. The number of nitrogens with two attached hydrogens (primary N) is 2. The second kappa shape index (κ2) is 9.19. The van der Waals surface area contributed by atoms with E-state index in [1.165, 1.54) is 0 Å². The standard InChI is InChI=1S/C29H23N3O3/c30-29(31)32-22-9-5-6-18(14-22)17-35-25-13-12-19-7-1-3-10-23(19)26(25)27-24-11-4-2-8-20(24)15-21(16-33)28(27)34/h1-16,34H,17H2,(H4,30,31,32). The van der Waals surface area contributed by atoms with Gasteiger partial charge in [-0.25, -0.2) is 4.99 Å². The summed E-state index contributed by atoms with van der Waals surface area (Å²) in [4.78, 5) is 15.9. The van der Waals surface area contributed by atoms with Crippen molar-refractivity contribution in [3.05, 3.63) is 102 Å². The summed E-state index contributed by atoms with van der Waals surface area (Å²) in [6.45, 7) is 0.255. The molecule has 5 aromatic carbocycles. The molecule has 0 heterocycles. The smallest absolute Gasteiger partial charge is 0.191 e. The summed E-state index contributed by atoms with van der Waals surface area (Å²) in [5.41, 5.74) is 14.0. The summed E-state index contributed by atoms with van der Waals surface area (Å²) in [5, 5.41) is 14.8. The molecular weight excluding hydrogens is 438 g/mol. The Morgan fingerprint density at radius 1 is 0.829 bits per heavy atom. The van der Waals surface area contributed by atoms with Gasteiger partial charge in [-0.2, -0.15) is 0 Å². The lowest BCUT2D eigenvalue weighted by molar-refractivity contribution is 0.112. The van der Waals surface area contributed by atoms with Crippen molar-refractivity contribution in [2.75, 3.05) is 0 Å². The molecule has 0 radical (unpaired) electrons. The minimum absolute atomic E-state index is 0.0164. The zero-order valence-corrected chi connectivity index (χ0v) is 18.8. The number of aromatic hydroxyl groups is 1. The predicted molar refractivity (Wildman–Crippen MR) is 140 cm³/mol. The Balaban J connectivity index is 1.69. The topological polar surface area (TPSA) is 111 Å². The average molecular weight is 462 g/mol. The number of aliphatic imine (C=N–C) groups is 1. The van der Waals surface area contributed by atoms with Gasteiger partial charge in [-0.3, -0.25) is 4.79 Å². The molecule has 0 fully saturated rings. The van der Waals surface area contributed by atoms with E-state index in [4.69, 9.17) is 16.2 Å². The fraction of sp³-hybridized carbons (Fsp3) is 0.0345. The lowest BCUT2D eigenvalue weighted by Gasteiger charge is -2.18. The van der Waals surface area contributed by atoms with Crippen molar-refractivity contribution in [3.63, 3.8) is 0 Å². The number of guanidine groups is 1. The molecule has 0 aliphatic heterocycles. The van der Waals surface area contributed by atoms with Gasteiger partial charge in [-0.1, -0.05) is 66.7 Å². The first-order chi connectivity index (χ1) is 17.0. The van der Waals surface area contributed by atoms with Crippen molar-refractivity contribution in [2.24, 2.45) is 16.5 Å². The Morgan fingerprint density at radius 3 is 2.29 bits per heavy atom. The maximum Gasteiger partial charge on any atom is 0.191 e. The highest BCUT2D eigenvalue weighted by Crippen LogP contribution is 2.46. The first kappa shape index (κ1) is 22.0. The number of phenols is 1. The number of carbonyl (C=O) groups is 1. The summed E-state index contributed by atoms with van der Waals surface area (Å²) in [6.07, 6.45) is 0.673. The van der Waals surface area contributed by atoms with Crippen molar-refractivity contribution in [2.45, 2.75) is 6.61 Å². The fourth-order valence-electron chi connectivity index (χ4n) is 4.36. The molecule has 0 spiro atoms. The van der Waals surface area contributed by atoms with Crippen molar-refractivity contribution in [1.29, 1.82) is 0 Å². The lowest BCUT2D eigenvalue weighted by Crippen LogP contribution is -2.21. The van der Waals surface area contributed by atoms with Gasteiger partial charge in [0.05, 0.1) is 11.3 Å². The number of ether oxygens (including phenoxy) is 1. The number of benzene rings is 5. The van der Waals surface area contributed by atoms with Crippen LogP contribution in [-0.4, -0.2) is 17.4 Å². The van der Waals surface area contributed by atoms with Crippen LogP contribution in [0.2, 0.25) is 0 Å². The van der Waals surface area contributed by atoms with Crippen LogP contribution in [0.3, 0.4) is 0 Å². The van der Waals surface area contributed by atoms with Crippen LogP contribution < -0.4 is 16.2 Å². The number of rotatable bonds is 6. The number of phenolic OH excluding ortho intramolecular Hbond substituents is 1. The number of nitrogens with zero attached hydrogens (tertiary/aromatic N) is 1. The third-order valence-corrected chi connectivity index (χ3v) is 5.88. The normalized spacial score (nSPS) is 10.9. The van der Waals surface area contributed by atoms with E-state index in [-0.39, 0.29) is 23.9 Å². The summed E-state index contributed by atoms with van der Waals surface area (Å²) in [5.74, 6) is 0.492. The molecule has 5 rings (SSSR count). The van der Waals surface area contributed by atoms with Crippen LogP contribution in [0.15, 0.2) is 96.0 Å². The highest BCUT2D eigenvalue weighted by atomic mass is 16.5.